The molecule has 26 heavy (non-hydrogen) atoms. The lowest BCUT2D eigenvalue weighted by Gasteiger charge is -2.22. The first-order valence-corrected chi connectivity index (χ1v) is 9.75. The van der Waals surface area contributed by atoms with E-state index in [1.54, 1.807) is 0 Å². The highest BCUT2D eigenvalue weighted by Gasteiger charge is 2.15. The maximum absolute atomic E-state index is 12.1. The average molecular weight is 384 g/mol. The summed E-state index contributed by atoms with van der Waals surface area (Å²) in [6.07, 6.45) is 5.87. The van der Waals surface area contributed by atoms with E-state index in [1.165, 1.54) is 17.5 Å². The summed E-state index contributed by atoms with van der Waals surface area (Å²) in [6, 6.07) is 0. The van der Waals surface area contributed by atoms with Crippen LogP contribution in [0.2, 0.25) is 0 Å². The monoisotopic (exact) mass is 383 g/mol. The molecule has 6 nitrogen and oxygen atoms in total. The number of ether oxygens (including phenoxy) is 1. The maximum atomic E-state index is 12.1. The summed E-state index contributed by atoms with van der Waals surface area (Å²) in [7, 11) is 0. The maximum Gasteiger partial charge on any atom is 0.273 e. The first kappa shape index (κ1) is 22.6. The molecular weight excluding hydrogens is 350 g/mol. The Morgan fingerprint density at radius 3 is 2.65 bits per heavy atom. The lowest BCUT2D eigenvalue weighted by molar-refractivity contribution is 0.0958. The third-order valence-corrected chi connectivity index (χ3v) is 4.10. The van der Waals surface area contributed by atoms with Gasteiger partial charge >= 0.3 is 0 Å². The van der Waals surface area contributed by atoms with Crippen LogP contribution in [0.3, 0.4) is 0 Å². The third kappa shape index (κ3) is 10.5. The lowest BCUT2D eigenvalue weighted by Crippen LogP contribution is -2.42. The van der Waals surface area contributed by atoms with Gasteiger partial charge in [0, 0.05) is 18.6 Å². The molecule has 0 spiro atoms. The lowest BCUT2D eigenvalue weighted by atomic mass is 9.96. The van der Waals surface area contributed by atoms with E-state index >= 15 is 0 Å². The number of thiazole rings is 1. The van der Waals surface area contributed by atoms with Gasteiger partial charge in [-0.1, -0.05) is 44.3 Å². The minimum Gasteiger partial charge on any atom is -0.467 e. The van der Waals surface area contributed by atoms with Crippen molar-refractivity contribution in [3.8, 4) is 5.19 Å². The van der Waals surface area contributed by atoms with Gasteiger partial charge in [-0.3, -0.25) is 4.79 Å². The number of amides is 1. The van der Waals surface area contributed by atoms with Gasteiger partial charge in [0.2, 0.25) is 0 Å². The Balaban J connectivity index is 2.33. The Morgan fingerprint density at radius 1 is 1.35 bits per heavy atom. The molecule has 1 amide bonds. The van der Waals surface area contributed by atoms with Crippen molar-refractivity contribution in [3.63, 3.8) is 0 Å². The highest BCUT2D eigenvalue weighted by atomic mass is 32.1. The minimum atomic E-state index is -0.634. The van der Waals surface area contributed by atoms with Crippen LogP contribution in [0, 0.1) is 5.41 Å². The van der Waals surface area contributed by atoms with Crippen LogP contribution in [-0.4, -0.2) is 47.3 Å². The van der Waals surface area contributed by atoms with Gasteiger partial charge in [-0.15, -0.1) is 0 Å². The summed E-state index contributed by atoms with van der Waals surface area (Å²) in [4.78, 5) is 16.7. The quantitative estimate of drug-likeness (QED) is 0.451. The fourth-order valence-corrected chi connectivity index (χ4v) is 2.56. The van der Waals surface area contributed by atoms with Crippen molar-refractivity contribution in [2.24, 2.45) is 5.41 Å². The van der Waals surface area contributed by atoms with Gasteiger partial charge in [0.1, 0.15) is 17.6 Å². The predicted molar refractivity (Wildman–Crippen MR) is 107 cm³/mol. The second-order valence-corrected chi connectivity index (χ2v) is 9.39. The van der Waals surface area contributed by atoms with Gasteiger partial charge in [0.15, 0.2) is 0 Å². The SMILES string of the molecule is CC(C)(C)/C=C/CCNC(=O)c1cnc(OCC(O)CNC(C)(C)C)s1. The van der Waals surface area contributed by atoms with Gasteiger partial charge in [0.05, 0.1) is 6.20 Å². The number of allylic oxidation sites excluding steroid dienone is 1. The van der Waals surface area contributed by atoms with Crippen LogP contribution in [0.4, 0.5) is 0 Å². The summed E-state index contributed by atoms with van der Waals surface area (Å²) < 4.78 is 5.47. The van der Waals surface area contributed by atoms with E-state index in [-0.39, 0.29) is 23.5 Å². The van der Waals surface area contributed by atoms with Crippen molar-refractivity contribution in [2.45, 2.75) is 59.6 Å². The molecule has 1 aromatic rings. The molecule has 0 saturated carbocycles. The fraction of sp³-hybridized carbons (Fsp3) is 0.684. The van der Waals surface area contributed by atoms with Crippen molar-refractivity contribution >= 4 is 17.2 Å². The Kier molecular flexibility index (Phi) is 8.73. The molecule has 148 valence electrons. The van der Waals surface area contributed by atoms with E-state index in [9.17, 15) is 9.90 Å². The summed E-state index contributed by atoms with van der Waals surface area (Å²) in [6.45, 7) is 13.7. The molecule has 1 heterocycles. The van der Waals surface area contributed by atoms with Crippen LogP contribution in [-0.2, 0) is 0 Å². The molecule has 0 saturated heterocycles. The summed E-state index contributed by atoms with van der Waals surface area (Å²) in [5, 5.41) is 16.4. The number of hydrogen-bond acceptors (Lipinski definition) is 6. The molecule has 1 rings (SSSR count). The molecule has 0 aliphatic rings. The minimum absolute atomic E-state index is 0.0600. The number of nitrogens with zero attached hydrogens (tertiary/aromatic N) is 1. The molecule has 0 fully saturated rings. The first-order chi connectivity index (χ1) is 12.0. The Hall–Kier alpha value is -1.44. The molecule has 0 aromatic carbocycles. The molecule has 0 aliphatic heterocycles. The largest absolute Gasteiger partial charge is 0.467 e. The number of aliphatic hydroxyl groups is 1. The van der Waals surface area contributed by atoms with Crippen LogP contribution in [0.25, 0.3) is 0 Å². The zero-order valence-electron chi connectivity index (χ0n) is 16.8. The van der Waals surface area contributed by atoms with Crippen LogP contribution in [0.1, 0.15) is 57.6 Å². The molecule has 0 radical (unpaired) electrons. The van der Waals surface area contributed by atoms with Gasteiger partial charge < -0.3 is 20.5 Å². The molecule has 1 atom stereocenters. The van der Waals surface area contributed by atoms with Crippen LogP contribution >= 0.6 is 11.3 Å². The number of rotatable bonds is 9. The summed E-state index contributed by atoms with van der Waals surface area (Å²) >= 11 is 1.18. The number of aromatic nitrogens is 1. The molecule has 1 unspecified atom stereocenters. The smallest absolute Gasteiger partial charge is 0.273 e. The van der Waals surface area contributed by atoms with Crippen LogP contribution in [0.5, 0.6) is 5.19 Å². The Labute approximate surface area is 161 Å². The van der Waals surface area contributed by atoms with Crippen LogP contribution in [0.15, 0.2) is 18.3 Å². The predicted octanol–water partition coefficient (Wildman–Crippen LogP) is 2.99. The van der Waals surface area contributed by atoms with E-state index in [0.717, 1.165) is 6.42 Å². The third-order valence-electron chi connectivity index (χ3n) is 3.19. The summed E-state index contributed by atoms with van der Waals surface area (Å²) in [5.74, 6) is -0.156. The second-order valence-electron chi connectivity index (χ2n) is 8.40. The van der Waals surface area contributed by atoms with Crippen molar-refractivity contribution in [3.05, 3.63) is 23.2 Å². The number of carbonyl (C=O) groups is 1. The summed E-state index contributed by atoms with van der Waals surface area (Å²) in [5.41, 5.74) is 0.0936. The van der Waals surface area contributed by atoms with E-state index in [1.807, 2.05) is 20.8 Å². The molecule has 0 aliphatic carbocycles. The normalized spacial score (nSPS) is 13.8. The van der Waals surface area contributed by atoms with Crippen molar-refractivity contribution < 1.29 is 14.6 Å². The van der Waals surface area contributed by atoms with Gasteiger partial charge in [-0.2, -0.15) is 0 Å². The number of aliphatic hydroxyl groups excluding tert-OH is 1. The van der Waals surface area contributed by atoms with E-state index < -0.39 is 6.10 Å². The van der Waals surface area contributed by atoms with E-state index in [2.05, 4.69) is 48.5 Å². The molecule has 3 N–H and O–H groups in total. The topological polar surface area (TPSA) is 83.5 Å². The Morgan fingerprint density at radius 2 is 2.04 bits per heavy atom. The molecule has 7 heteroatoms. The number of hydrogen-bond donors (Lipinski definition) is 3. The number of carbonyl (C=O) groups excluding carboxylic acids is 1. The zero-order valence-corrected chi connectivity index (χ0v) is 17.6. The van der Waals surface area contributed by atoms with Gasteiger partial charge in [-0.05, 0) is 32.6 Å². The molecule has 0 bridgehead atoms. The van der Waals surface area contributed by atoms with Crippen molar-refractivity contribution in [1.82, 2.24) is 15.6 Å². The second kappa shape index (κ2) is 10.0. The van der Waals surface area contributed by atoms with Gasteiger partial charge in [0.25, 0.3) is 11.1 Å². The van der Waals surface area contributed by atoms with E-state index in [4.69, 9.17) is 4.74 Å². The Bertz CT molecular complexity index is 586. The first-order valence-electron chi connectivity index (χ1n) is 8.94. The zero-order chi connectivity index (χ0) is 19.8. The number of β-amino-alcohol motifs (C(OH)–C–C–N with tert-alkyl or cyclic N) is 1. The number of nitrogens with one attached hydrogen (secondary N) is 2. The van der Waals surface area contributed by atoms with Crippen molar-refractivity contribution in [1.29, 1.82) is 0 Å². The molecular formula is C19H33N3O3S. The van der Waals surface area contributed by atoms with Crippen molar-refractivity contribution in [2.75, 3.05) is 19.7 Å². The van der Waals surface area contributed by atoms with Gasteiger partial charge in [-0.25, -0.2) is 4.98 Å². The fourth-order valence-electron chi connectivity index (χ4n) is 1.87. The van der Waals surface area contributed by atoms with E-state index in [0.29, 0.717) is 23.2 Å². The standard InChI is InChI=1S/C19H33N3O3S/c1-18(2,3)9-7-8-10-20-16(24)15-12-21-17(26-15)25-13-14(23)11-22-19(4,5)6/h7,9,12,14,22-23H,8,10-11,13H2,1-6H3,(H,20,24)/b9-7+. The molecule has 1 aromatic heterocycles. The average Bonchev–Trinajstić information content (AvgIpc) is 2.97. The highest BCUT2D eigenvalue weighted by Crippen LogP contribution is 2.20. The van der Waals surface area contributed by atoms with Crippen LogP contribution < -0.4 is 15.4 Å². The highest BCUT2D eigenvalue weighted by molar-refractivity contribution is 7.15.